The molecule has 5 heteroatoms. The topological polar surface area (TPSA) is 46.3 Å². The van der Waals surface area contributed by atoms with Gasteiger partial charge in [-0.1, -0.05) is 0 Å². The minimum atomic E-state index is 0.715. The molecule has 0 fully saturated rings. The van der Waals surface area contributed by atoms with E-state index in [0.717, 1.165) is 22.8 Å². The summed E-state index contributed by atoms with van der Waals surface area (Å²) in [5.74, 6) is 1.65. The fourth-order valence-electron chi connectivity index (χ4n) is 1.90. The molecule has 0 bridgehead atoms. The van der Waals surface area contributed by atoms with E-state index < -0.39 is 0 Å². The van der Waals surface area contributed by atoms with Crippen LogP contribution in [0.2, 0.25) is 0 Å². The highest BCUT2D eigenvalue weighted by atomic mass is 15.1. The normalized spacial score (nSPS) is 10.9. The Bertz CT molecular complexity index is 712. The number of pyridine rings is 1. The van der Waals surface area contributed by atoms with Crippen LogP contribution in [-0.2, 0) is 0 Å². The molecule has 96 valence electrons. The highest BCUT2D eigenvalue weighted by molar-refractivity contribution is 5.62. The Morgan fingerprint density at radius 3 is 2.63 bits per heavy atom. The molecule has 3 rings (SSSR count). The monoisotopic (exact) mass is 253 g/mol. The van der Waals surface area contributed by atoms with E-state index in [2.05, 4.69) is 15.0 Å². The van der Waals surface area contributed by atoms with Gasteiger partial charge in [0.05, 0.1) is 5.69 Å². The zero-order valence-electron chi connectivity index (χ0n) is 11.2. The third-order valence-electron chi connectivity index (χ3n) is 2.97. The van der Waals surface area contributed by atoms with Gasteiger partial charge in [-0.15, -0.1) is 0 Å². The average molecular weight is 253 g/mol. The second-order valence-corrected chi connectivity index (χ2v) is 4.70. The number of nitrogens with zero attached hydrogens (tertiary/aromatic N) is 5. The number of aromatic nitrogens is 4. The molecular weight excluding hydrogens is 238 g/mol. The summed E-state index contributed by atoms with van der Waals surface area (Å²) in [6.07, 6.45) is 5.77. The summed E-state index contributed by atoms with van der Waals surface area (Å²) >= 11 is 0. The maximum atomic E-state index is 4.52. The molecule has 0 atom stereocenters. The van der Waals surface area contributed by atoms with Crippen molar-refractivity contribution in [2.45, 2.75) is 6.92 Å². The standard InChI is InChI=1S/C14H15N5/c1-10-6-7-19-9-12(17-14(19)16-10)11-4-5-13(15-8-11)18(2)3/h4-9H,1-3H3. The molecule has 3 aromatic rings. The molecule has 0 unspecified atom stereocenters. The third-order valence-corrected chi connectivity index (χ3v) is 2.97. The molecule has 0 aromatic carbocycles. The highest BCUT2D eigenvalue weighted by Gasteiger charge is 2.06. The molecule has 0 aliphatic rings. The SMILES string of the molecule is Cc1ccn2cc(-c3ccc(N(C)C)nc3)nc2n1. The number of rotatable bonds is 2. The number of hydrogen-bond acceptors (Lipinski definition) is 4. The molecule has 19 heavy (non-hydrogen) atoms. The number of aryl methyl sites for hydroxylation is 1. The molecule has 0 radical (unpaired) electrons. The zero-order chi connectivity index (χ0) is 13.4. The van der Waals surface area contributed by atoms with Crippen LogP contribution in [-0.4, -0.2) is 33.4 Å². The summed E-state index contributed by atoms with van der Waals surface area (Å²) in [7, 11) is 3.94. The van der Waals surface area contributed by atoms with Gasteiger partial charge in [0.25, 0.3) is 0 Å². The minimum absolute atomic E-state index is 0.715. The molecule has 3 aromatic heterocycles. The van der Waals surface area contributed by atoms with Gasteiger partial charge in [0.15, 0.2) is 0 Å². The first-order chi connectivity index (χ1) is 9.13. The number of anilines is 1. The molecule has 0 amide bonds. The minimum Gasteiger partial charge on any atom is -0.363 e. The van der Waals surface area contributed by atoms with Crippen molar-refractivity contribution >= 4 is 11.6 Å². The smallest absolute Gasteiger partial charge is 0.234 e. The van der Waals surface area contributed by atoms with Crippen LogP contribution in [0.3, 0.4) is 0 Å². The van der Waals surface area contributed by atoms with Gasteiger partial charge in [-0.2, -0.15) is 0 Å². The van der Waals surface area contributed by atoms with Crippen molar-refractivity contribution in [2.75, 3.05) is 19.0 Å². The van der Waals surface area contributed by atoms with Crippen LogP contribution in [0.1, 0.15) is 5.69 Å². The van der Waals surface area contributed by atoms with Gasteiger partial charge in [-0.25, -0.2) is 15.0 Å². The Balaban J connectivity index is 2.03. The first-order valence-electron chi connectivity index (χ1n) is 6.09. The van der Waals surface area contributed by atoms with Gasteiger partial charge in [0.2, 0.25) is 5.78 Å². The van der Waals surface area contributed by atoms with E-state index in [1.165, 1.54) is 0 Å². The zero-order valence-corrected chi connectivity index (χ0v) is 11.2. The van der Waals surface area contributed by atoms with E-state index in [-0.39, 0.29) is 0 Å². The predicted molar refractivity (Wildman–Crippen MR) is 75.3 cm³/mol. The van der Waals surface area contributed by atoms with E-state index in [1.807, 2.05) is 67.1 Å². The summed E-state index contributed by atoms with van der Waals surface area (Å²) in [5, 5.41) is 0. The summed E-state index contributed by atoms with van der Waals surface area (Å²) in [4.78, 5) is 15.3. The Morgan fingerprint density at radius 1 is 1.11 bits per heavy atom. The molecule has 0 saturated heterocycles. The fraction of sp³-hybridized carbons (Fsp3) is 0.214. The van der Waals surface area contributed by atoms with Crippen molar-refractivity contribution in [1.29, 1.82) is 0 Å². The van der Waals surface area contributed by atoms with Gasteiger partial charge in [-0.05, 0) is 25.1 Å². The number of imidazole rings is 1. The second kappa shape index (κ2) is 4.35. The van der Waals surface area contributed by atoms with E-state index in [1.54, 1.807) is 0 Å². The molecule has 5 nitrogen and oxygen atoms in total. The van der Waals surface area contributed by atoms with Crippen molar-refractivity contribution in [1.82, 2.24) is 19.4 Å². The molecule has 0 spiro atoms. The van der Waals surface area contributed by atoms with Crippen LogP contribution in [0.4, 0.5) is 5.82 Å². The van der Waals surface area contributed by atoms with Crippen LogP contribution in [0, 0.1) is 6.92 Å². The van der Waals surface area contributed by atoms with Crippen LogP contribution in [0.25, 0.3) is 17.0 Å². The van der Waals surface area contributed by atoms with Crippen molar-refractivity contribution in [3.63, 3.8) is 0 Å². The van der Waals surface area contributed by atoms with Crippen LogP contribution >= 0.6 is 0 Å². The van der Waals surface area contributed by atoms with Gasteiger partial charge in [0.1, 0.15) is 5.82 Å². The molecule has 0 aliphatic heterocycles. The van der Waals surface area contributed by atoms with Gasteiger partial charge < -0.3 is 4.90 Å². The summed E-state index contributed by atoms with van der Waals surface area (Å²) in [5.41, 5.74) is 2.84. The van der Waals surface area contributed by atoms with Crippen LogP contribution in [0.15, 0.2) is 36.8 Å². The second-order valence-electron chi connectivity index (χ2n) is 4.70. The largest absolute Gasteiger partial charge is 0.363 e. The quantitative estimate of drug-likeness (QED) is 0.702. The number of fused-ring (bicyclic) bond motifs is 1. The maximum absolute atomic E-state index is 4.52. The first-order valence-corrected chi connectivity index (χ1v) is 6.09. The first kappa shape index (κ1) is 11.6. The lowest BCUT2D eigenvalue weighted by Crippen LogP contribution is -2.09. The predicted octanol–water partition coefficient (Wildman–Crippen LogP) is 2.17. The van der Waals surface area contributed by atoms with E-state index in [9.17, 15) is 0 Å². The Morgan fingerprint density at radius 2 is 1.95 bits per heavy atom. The van der Waals surface area contributed by atoms with E-state index >= 15 is 0 Å². The third kappa shape index (κ3) is 2.14. The van der Waals surface area contributed by atoms with Gasteiger partial charge >= 0.3 is 0 Å². The lowest BCUT2D eigenvalue weighted by Gasteiger charge is -2.10. The van der Waals surface area contributed by atoms with Gasteiger partial charge in [-0.3, -0.25) is 4.40 Å². The van der Waals surface area contributed by atoms with Crippen molar-refractivity contribution in [3.05, 3.63) is 42.5 Å². The molecular formula is C14H15N5. The van der Waals surface area contributed by atoms with Gasteiger partial charge in [0, 0.05) is 43.9 Å². The lowest BCUT2D eigenvalue weighted by atomic mass is 10.2. The van der Waals surface area contributed by atoms with Crippen LogP contribution < -0.4 is 4.90 Å². The average Bonchev–Trinajstić information content (AvgIpc) is 2.81. The maximum Gasteiger partial charge on any atom is 0.234 e. The summed E-state index contributed by atoms with van der Waals surface area (Å²) in [6, 6.07) is 5.97. The van der Waals surface area contributed by atoms with E-state index in [4.69, 9.17) is 0 Å². The van der Waals surface area contributed by atoms with Crippen LogP contribution in [0.5, 0.6) is 0 Å². The Hall–Kier alpha value is -2.43. The summed E-state index contributed by atoms with van der Waals surface area (Å²) in [6.45, 7) is 1.96. The van der Waals surface area contributed by atoms with Crippen molar-refractivity contribution < 1.29 is 0 Å². The number of hydrogen-bond donors (Lipinski definition) is 0. The summed E-state index contributed by atoms with van der Waals surface area (Å²) < 4.78 is 1.92. The molecule has 0 aliphatic carbocycles. The molecule has 0 N–H and O–H groups in total. The van der Waals surface area contributed by atoms with Crippen molar-refractivity contribution in [3.8, 4) is 11.3 Å². The molecule has 0 saturated carbocycles. The molecule has 3 heterocycles. The lowest BCUT2D eigenvalue weighted by molar-refractivity contribution is 1.07. The highest BCUT2D eigenvalue weighted by Crippen LogP contribution is 2.19. The fourth-order valence-corrected chi connectivity index (χ4v) is 1.90. The Kier molecular flexibility index (Phi) is 2.67. The van der Waals surface area contributed by atoms with Crippen molar-refractivity contribution in [2.24, 2.45) is 0 Å². The Labute approximate surface area is 111 Å². The van der Waals surface area contributed by atoms with E-state index in [0.29, 0.717) is 5.78 Å².